The largest absolute Gasteiger partial charge is 0.298 e. The highest BCUT2D eigenvalue weighted by Crippen LogP contribution is 2.36. The molecule has 2 nitrogen and oxygen atoms in total. The normalized spacial score (nSPS) is 11.1. The molecule has 140 valence electrons. The summed E-state index contributed by atoms with van der Waals surface area (Å²) in [5.41, 5.74) is 8.65. The van der Waals surface area contributed by atoms with Gasteiger partial charge in [0.1, 0.15) is 5.65 Å². The van der Waals surface area contributed by atoms with Gasteiger partial charge >= 0.3 is 0 Å². The van der Waals surface area contributed by atoms with Crippen LogP contribution in [0.1, 0.15) is 5.56 Å². The second kappa shape index (κ2) is 7.23. The molecule has 3 aromatic carbocycles. The van der Waals surface area contributed by atoms with Gasteiger partial charge in [-0.25, -0.2) is 4.98 Å². The van der Waals surface area contributed by atoms with Crippen molar-refractivity contribution in [2.24, 2.45) is 0 Å². The molecular weight excluding hydrogens is 376 g/mol. The molecule has 0 fully saturated rings. The van der Waals surface area contributed by atoms with Crippen LogP contribution >= 0.6 is 11.6 Å². The van der Waals surface area contributed by atoms with Crippen molar-refractivity contribution in [3.63, 3.8) is 0 Å². The van der Waals surface area contributed by atoms with Gasteiger partial charge in [0.05, 0.1) is 11.4 Å². The first kappa shape index (κ1) is 17.7. The van der Waals surface area contributed by atoms with Crippen LogP contribution in [0.3, 0.4) is 0 Å². The molecule has 3 heteroatoms. The van der Waals surface area contributed by atoms with Crippen LogP contribution in [0.4, 0.5) is 0 Å². The summed E-state index contributed by atoms with van der Waals surface area (Å²) in [6, 6.07) is 31.0. The maximum absolute atomic E-state index is 6.14. The van der Waals surface area contributed by atoms with Crippen LogP contribution in [0.15, 0.2) is 97.2 Å². The first-order chi connectivity index (χ1) is 14.2. The van der Waals surface area contributed by atoms with Gasteiger partial charge in [-0.2, -0.15) is 0 Å². The lowest BCUT2D eigenvalue weighted by atomic mass is 10.0. The van der Waals surface area contributed by atoms with Gasteiger partial charge in [-0.3, -0.25) is 4.40 Å². The van der Waals surface area contributed by atoms with Crippen molar-refractivity contribution in [2.45, 2.75) is 6.92 Å². The molecule has 5 rings (SSSR count). The summed E-state index contributed by atoms with van der Waals surface area (Å²) in [5, 5.41) is 0.722. The zero-order chi connectivity index (χ0) is 19.8. The number of benzene rings is 3. The highest BCUT2D eigenvalue weighted by atomic mass is 35.5. The van der Waals surface area contributed by atoms with Gasteiger partial charge in [0.2, 0.25) is 0 Å². The van der Waals surface area contributed by atoms with E-state index in [2.05, 4.69) is 72.1 Å². The monoisotopic (exact) mass is 394 g/mol. The predicted octanol–water partition coefficient (Wildman–Crippen LogP) is 7.30. The first-order valence-electron chi connectivity index (χ1n) is 9.60. The van der Waals surface area contributed by atoms with Crippen molar-refractivity contribution in [3.8, 4) is 33.6 Å². The van der Waals surface area contributed by atoms with E-state index in [4.69, 9.17) is 16.6 Å². The number of hydrogen-bond donors (Lipinski definition) is 0. The number of hydrogen-bond acceptors (Lipinski definition) is 1. The summed E-state index contributed by atoms with van der Waals surface area (Å²) < 4.78 is 2.22. The number of rotatable bonds is 3. The Balaban J connectivity index is 1.88. The zero-order valence-electron chi connectivity index (χ0n) is 16.0. The van der Waals surface area contributed by atoms with Gasteiger partial charge in [0, 0.05) is 27.9 Å². The first-order valence-corrected chi connectivity index (χ1v) is 9.98. The summed E-state index contributed by atoms with van der Waals surface area (Å²) in [5.74, 6) is 0. The Hall–Kier alpha value is -3.36. The number of nitrogens with zero attached hydrogens (tertiary/aromatic N) is 2. The van der Waals surface area contributed by atoms with Crippen molar-refractivity contribution in [2.75, 3.05) is 0 Å². The van der Waals surface area contributed by atoms with E-state index in [9.17, 15) is 0 Å². The lowest BCUT2D eigenvalue weighted by Crippen LogP contribution is -1.93. The van der Waals surface area contributed by atoms with E-state index in [1.54, 1.807) is 0 Å². The minimum atomic E-state index is 0.722. The smallest absolute Gasteiger partial charge is 0.145 e. The second-order valence-electron chi connectivity index (χ2n) is 7.17. The Bertz CT molecular complexity index is 1290. The number of aromatic nitrogens is 2. The topological polar surface area (TPSA) is 17.3 Å². The van der Waals surface area contributed by atoms with Gasteiger partial charge in [0.15, 0.2) is 0 Å². The second-order valence-corrected chi connectivity index (χ2v) is 7.61. The number of halogens is 1. The highest BCUT2D eigenvalue weighted by molar-refractivity contribution is 6.30. The number of fused-ring (bicyclic) bond motifs is 1. The Morgan fingerprint density at radius 3 is 2.00 bits per heavy atom. The third kappa shape index (κ3) is 3.22. The maximum atomic E-state index is 6.14. The van der Waals surface area contributed by atoms with E-state index in [-0.39, 0.29) is 0 Å². The lowest BCUT2D eigenvalue weighted by Gasteiger charge is -2.09. The van der Waals surface area contributed by atoms with E-state index in [1.165, 1.54) is 5.56 Å². The number of imidazole rings is 1. The predicted molar refractivity (Wildman–Crippen MR) is 121 cm³/mol. The van der Waals surface area contributed by atoms with Crippen molar-refractivity contribution >= 4 is 17.2 Å². The van der Waals surface area contributed by atoms with Gasteiger partial charge < -0.3 is 0 Å². The summed E-state index contributed by atoms with van der Waals surface area (Å²) in [6.07, 6.45) is 2.16. The van der Waals surface area contributed by atoms with E-state index >= 15 is 0 Å². The van der Waals surface area contributed by atoms with E-state index in [0.717, 1.165) is 44.3 Å². The van der Waals surface area contributed by atoms with Crippen molar-refractivity contribution < 1.29 is 0 Å². The maximum Gasteiger partial charge on any atom is 0.145 e. The number of aryl methyl sites for hydroxylation is 1. The van der Waals surface area contributed by atoms with Crippen LogP contribution in [0.2, 0.25) is 5.02 Å². The molecule has 5 aromatic rings. The molecule has 0 saturated heterocycles. The molecule has 0 radical (unpaired) electrons. The highest BCUT2D eigenvalue weighted by Gasteiger charge is 2.19. The minimum Gasteiger partial charge on any atom is -0.298 e. The summed E-state index contributed by atoms with van der Waals surface area (Å²) in [4.78, 5) is 5.13. The Morgan fingerprint density at radius 1 is 0.724 bits per heavy atom. The summed E-state index contributed by atoms with van der Waals surface area (Å²) >= 11 is 6.14. The van der Waals surface area contributed by atoms with Gasteiger partial charge in [-0.05, 0) is 36.2 Å². The molecule has 0 unspecified atom stereocenters. The van der Waals surface area contributed by atoms with Crippen LogP contribution in [0.25, 0.3) is 39.3 Å². The molecule has 0 aliphatic rings. The standard InChI is InChI=1S/C26H19ClN2/c1-18-16-23(19-8-4-2-5-9-19)26-28-24(20-12-14-22(27)15-13-20)25(29(26)17-18)21-10-6-3-7-11-21/h2-17H,1H3. The Kier molecular flexibility index (Phi) is 4.42. The van der Waals surface area contributed by atoms with Gasteiger partial charge in [-0.1, -0.05) is 84.4 Å². The molecule has 0 aliphatic heterocycles. The molecule has 0 aliphatic carbocycles. The zero-order valence-corrected chi connectivity index (χ0v) is 16.8. The molecule has 0 amide bonds. The molecule has 2 aromatic heterocycles. The molecule has 0 bridgehead atoms. The minimum absolute atomic E-state index is 0.722. The molecule has 0 atom stereocenters. The van der Waals surface area contributed by atoms with Crippen LogP contribution in [0, 0.1) is 6.92 Å². The van der Waals surface area contributed by atoms with Crippen molar-refractivity contribution in [1.82, 2.24) is 9.38 Å². The van der Waals surface area contributed by atoms with Gasteiger partial charge in [0.25, 0.3) is 0 Å². The summed E-state index contributed by atoms with van der Waals surface area (Å²) in [7, 11) is 0. The third-order valence-corrected chi connectivity index (χ3v) is 5.36. The third-order valence-electron chi connectivity index (χ3n) is 5.11. The average Bonchev–Trinajstić information content (AvgIpc) is 3.14. The summed E-state index contributed by atoms with van der Waals surface area (Å²) in [6.45, 7) is 2.13. The Morgan fingerprint density at radius 2 is 1.34 bits per heavy atom. The van der Waals surface area contributed by atoms with E-state index < -0.39 is 0 Å². The van der Waals surface area contributed by atoms with E-state index in [0.29, 0.717) is 0 Å². The molecular formula is C26H19ClN2. The fourth-order valence-electron chi connectivity index (χ4n) is 3.79. The lowest BCUT2D eigenvalue weighted by molar-refractivity contribution is 1.16. The quantitative estimate of drug-likeness (QED) is 0.314. The van der Waals surface area contributed by atoms with Gasteiger partial charge in [-0.15, -0.1) is 0 Å². The molecule has 0 N–H and O–H groups in total. The average molecular weight is 395 g/mol. The van der Waals surface area contributed by atoms with Crippen molar-refractivity contribution in [3.05, 3.63) is 108 Å². The van der Waals surface area contributed by atoms with E-state index in [1.807, 2.05) is 36.4 Å². The fourth-order valence-corrected chi connectivity index (χ4v) is 3.92. The SMILES string of the molecule is Cc1cc(-c2ccccc2)c2nc(-c3ccc(Cl)cc3)c(-c3ccccc3)n2c1. The molecule has 2 heterocycles. The van der Waals surface area contributed by atoms with Crippen LogP contribution in [-0.2, 0) is 0 Å². The van der Waals surface area contributed by atoms with Crippen LogP contribution in [-0.4, -0.2) is 9.38 Å². The molecule has 0 saturated carbocycles. The Labute approximate surface area is 175 Å². The van der Waals surface area contributed by atoms with Crippen LogP contribution in [0.5, 0.6) is 0 Å². The van der Waals surface area contributed by atoms with Crippen LogP contribution < -0.4 is 0 Å². The molecule has 0 spiro atoms. The molecule has 29 heavy (non-hydrogen) atoms. The van der Waals surface area contributed by atoms with Crippen molar-refractivity contribution in [1.29, 1.82) is 0 Å². The fraction of sp³-hybridized carbons (Fsp3) is 0.0385. The number of pyridine rings is 1.